The van der Waals surface area contributed by atoms with E-state index in [1.165, 1.54) is 18.4 Å². The van der Waals surface area contributed by atoms with Crippen molar-refractivity contribution < 1.29 is 9.53 Å². The van der Waals surface area contributed by atoms with Crippen LogP contribution >= 0.6 is 0 Å². The van der Waals surface area contributed by atoms with Gasteiger partial charge in [0.15, 0.2) is 0 Å². The van der Waals surface area contributed by atoms with Crippen LogP contribution in [0.15, 0.2) is 48.8 Å². The summed E-state index contributed by atoms with van der Waals surface area (Å²) in [5.74, 6) is 0.697. The van der Waals surface area contributed by atoms with Crippen LogP contribution in [0.1, 0.15) is 47.8 Å². The molecule has 0 spiro atoms. The first kappa shape index (κ1) is 20.4. The maximum Gasteiger partial charge on any atom is 0.251 e. The number of carbonyl (C=O) groups is 1. The minimum absolute atomic E-state index is 0.0288. The minimum atomic E-state index is -0.0288. The Labute approximate surface area is 177 Å². The van der Waals surface area contributed by atoms with E-state index in [-0.39, 0.29) is 5.91 Å². The number of amides is 1. The molecule has 3 heterocycles. The van der Waals surface area contributed by atoms with Gasteiger partial charge in [0.1, 0.15) is 18.0 Å². The number of aromatic nitrogens is 2. The van der Waals surface area contributed by atoms with Gasteiger partial charge in [-0.25, -0.2) is 4.98 Å². The van der Waals surface area contributed by atoms with Crippen LogP contribution in [0.4, 0.5) is 0 Å². The first-order valence-corrected chi connectivity index (χ1v) is 10.8. The van der Waals surface area contributed by atoms with Crippen LogP contribution in [0.5, 0.6) is 5.75 Å². The van der Waals surface area contributed by atoms with Crippen LogP contribution in [-0.2, 0) is 6.61 Å². The number of carbonyl (C=O) groups excluding carboxylic acids is 1. The molecule has 1 atom stereocenters. The van der Waals surface area contributed by atoms with E-state index in [0.717, 1.165) is 36.6 Å². The van der Waals surface area contributed by atoms with Gasteiger partial charge in [-0.2, -0.15) is 0 Å². The SMILES string of the molecule is CCN1CCCCC1CNC(=O)c1ccc(OCc2cn3cc(C)ccc3n2)cc1. The Hall–Kier alpha value is -2.86. The highest BCUT2D eigenvalue weighted by Crippen LogP contribution is 2.17. The number of imidazole rings is 1. The molecule has 30 heavy (non-hydrogen) atoms. The van der Waals surface area contributed by atoms with Crippen molar-refractivity contribution in [2.45, 2.75) is 45.8 Å². The zero-order chi connectivity index (χ0) is 20.9. The van der Waals surface area contributed by atoms with Crippen LogP contribution < -0.4 is 10.1 Å². The number of rotatable bonds is 7. The summed E-state index contributed by atoms with van der Waals surface area (Å²) >= 11 is 0. The Kier molecular flexibility index (Phi) is 6.33. The lowest BCUT2D eigenvalue weighted by Gasteiger charge is -2.34. The van der Waals surface area contributed by atoms with Crippen molar-refractivity contribution in [1.29, 1.82) is 0 Å². The Morgan fingerprint density at radius 1 is 1.17 bits per heavy atom. The highest BCUT2D eigenvalue weighted by Gasteiger charge is 2.21. The second-order valence-corrected chi connectivity index (χ2v) is 8.01. The third-order valence-corrected chi connectivity index (χ3v) is 5.81. The molecular weight excluding hydrogens is 376 g/mol. The van der Waals surface area contributed by atoms with Gasteiger partial charge in [-0.15, -0.1) is 0 Å². The fourth-order valence-corrected chi connectivity index (χ4v) is 4.10. The van der Waals surface area contributed by atoms with Crippen molar-refractivity contribution in [3.8, 4) is 5.75 Å². The monoisotopic (exact) mass is 406 g/mol. The van der Waals surface area contributed by atoms with E-state index >= 15 is 0 Å². The molecule has 3 aromatic rings. The molecule has 4 rings (SSSR count). The van der Waals surface area contributed by atoms with Crippen molar-refractivity contribution in [3.63, 3.8) is 0 Å². The van der Waals surface area contributed by atoms with Crippen molar-refractivity contribution in [1.82, 2.24) is 19.6 Å². The zero-order valence-corrected chi connectivity index (χ0v) is 17.8. The average Bonchev–Trinajstić information content (AvgIpc) is 3.18. The Bertz CT molecular complexity index is 996. The number of aryl methyl sites for hydroxylation is 1. The minimum Gasteiger partial charge on any atom is -0.487 e. The van der Waals surface area contributed by atoms with Gasteiger partial charge in [0.25, 0.3) is 5.91 Å². The first-order valence-electron chi connectivity index (χ1n) is 10.8. The summed E-state index contributed by atoms with van der Waals surface area (Å²) in [6.07, 6.45) is 7.69. The smallest absolute Gasteiger partial charge is 0.251 e. The highest BCUT2D eigenvalue weighted by molar-refractivity contribution is 5.94. The molecule has 158 valence electrons. The Morgan fingerprint density at radius 2 is 2.00 bits per heavy atom. The molecule has 6 nitrogen and oxygen atoms in total. The molecule has 2 aromatic heterocycles. The second kappa shape index (κ2) is 9.30. The number of nitrogens with one attached hydrogen (secondary N) is 1. The van der Waals surface area contributed by atoms with E-state index in [4.69, 9.17) is 4.74 Å². The van der Waals surface area contributed by atoms with E-state index in [1.54, 1.807) is 0 Å². The number of ether oxygens (including phenoxy) is 1. The predicted molar refractivity (Wildman–Crippen MR) is 118 cm³/mol. The number of benzene rings is 1. The molecular formula is C24H30N4O2. The lowest BCUT2D eigenvalue weighted by Crippen LogP contribution is -2.46. The molecule has 1 N–H and O–H groups in total. The summed E-state index contributed by atoms with van der Waals surface area (Å²) in [4.78, 5) is 19.5. The summed E-state index contributed by atoms with van der Waals surface area (Å²) in [6, 6.07) is 11.8. The molecule has 1 saturated heterocycles. The predicted octanol–water partition coefficient (Wildman–Crippen LogP) is 3.83. The molecule has 1 aromatic carbocycles. The molecule has 1 fully saturated rings. The second-order valence-electron chi connectivity index (χ2n) is 8.01. The molecule has 0 radical (unpaired) electrons. The fraction of sp³-hybridized carbons (Fsp3) is 0.417. The number of piperidine rings is 1. The largest absolute Gasteiger partial charge is 0.487 e. The quantitative estimate of drug-likeness (QED) is 0.648. The van der Waals surface area contributed by atoms with Crippen LogP contribution in [0.25, 0.3) is 5.65 Å². The van der Waals surface area contributed by atoms with Crippen LogP contribution in [0, 0.1) is 6.92 Å². The number of fused-ring (bicyclic) bond motifs is 1. The summed E-state index contributed by atoms with van der Waals surface area (Å²) in [7, 11) is 0. The number of likely N-dealkylation sites (N-methyl/N-ethyl adjacent to an activating group) is 1. The van der Waals surface area contributed by atoms with Gasteiger partial charge in [0.05, 0.1) is 5.69 Å². The van der Waals surface area contributed by atoms with Gasteiger partial charge in [-0.1, -0.05) is 19.4 Å². The van der Waals surface area contributed by atoms with Crippen molar-refractivity contribution in [2.75, 3.05) is 19.6 Å². The zero-order valence-electron chi connectivity index (χ0n) is 17.8. The molecule has 1 unspecified atom stereocenters. The molecule has 0 bridgehead atoms. The van der Waals surface area contributed by atoms with Gasteiger partial charge in [-0.05, 0) is 68.8 Å². The number of hydrogen-bond acceptors (Lipinski definition) is 4. The number of pyridine rings is 1. The lowest BCUT2D eigenvalue weighted by molar-refractivity contribution is 0.0918. The average molecular weight is 407 g/mol. The van der Waals surface area contributed by atoms with Gasteiger partial charge >= 0.3 is 0 Å². The fourth-order valence-electron chi connectivity index (χ4n) is 4.10. The van der Waals surface area contributed by atoms with Crippen LogP contribution in [0.3, 0.4) is 0 Å². The number of hydrogen-bond donors (Lipinski definition) is 1. The summed E-state index contributed by atoms with van der Waals surface area (Å²) in [5.41, 5.74) is 3.62. The van der Waals surface area contributed by atoms with Gasteiger partial charge < -0.3 is 14.5 Å². The van der Waals surface area contributed by atoms with Gasteiger partial charge in [-0.3, -0.25) is 9.69 Å². The third-order valence-electron chi connectivity index (χ3n) is 5.81. The molecule has 1 amide bonds. The molecule has 0 aliphatic carbocycles. The summed E-state index contributed by atoms with van der Waals surface area (Å²) < 4.78 is 7.86. The van der Waals surface area contributed by atoms with Gasteiger partial charge in [0, 0.05) is 30.5 Å². The normalized spacial score (nSPS) is 17.2. The van der Waals surface area contributed by atoms with Crippen LogP contribution in [0.2, 0.25) is 0 Å². The van der Waals surface area contributed by atoms with E-state index in [1.807, 2.05) is 53.2 Å². The van der Waals surface area contributed by atoms with Crippen molar-refractivity contribution >= 4 is 11.6 Å². The van der Waals surface area contributed by atoms with E-state index in [2.05, 4.69) is 29.0 Å². The van der Waals surface area contributed by atoms with Gasteiger partial charge in [0.2, 0.25) is 0 Å². The Balaban J connectivity index is 1.30. The number of nitrogens with zero attached hydrogens (tertiary/aromatic N) is 3. The maximum absolute atomic E-state index is 12.5. The molecule has 1 aliphatic heterocycles. The molecule has 0 saturated carbocycles. The van der Waals surface area contributed by atoms with Crippen LogP contribution in [-0.4, -0.2) is 45.9 Å². The summed E-state index contributed by atoms with van der Waals surface area (Å²) in [6.45, 7) is 7.51. The summed E-state index contributed by atoms with van der Waals surface area (Å²) in [5, 5.41) is 3.10. The van der Waals surface area contributed by atoms with E-state index < -0.39 is 0 Å². The topological polar surface area (TPSA) is 58.9 Å². The maximum atomic E-state index is 12.5. The third kappa shape index (κ3) is 4.82. The standard InChI is InChI=1S/C24H30N4O2/c1-3-27-13-5-4-6-21(27)14-25-24(29)19-8-10-22(11-9-19)30-17-20-16-28-15-18(2)7-12-23(28)26-20/h7-12,15-16,21H,3-6,13-14,17H2,1-2H3,(H,25,29). The first-order chi connectivity index (χ1) is 14.6. The van der Waals surface area contributed by atoms with Crippen molar-refractivity contribution in [2.24, 2.45) is 0 Å². The highest BCUT2D eigenvalue weighted by atomic mass is 16.5. The molecule has 1 aliphatic rings. The Morgan fingerprint density at radius 3 is 2.80 bits per heavy atom. The molecule has 6 heteroatoms. The number of likely N-dealkylation sites (tertiary alicyclic amines) is 1. The van der Waals surface area contributed by atoms with E-state index in [0.29, 0.717) is 24.8 Å². The van der Waals surface area contributed by atoms with Crippen molar-refractivity contribution in [3.05, 3.63) is 65.6 Å². The van der Waals surface area contributed by atoms with E-state index in [9.17, 15) is 4.79 Å². The lowest BCUT2D eigenvalue weighted by atomic mass is 10.0.